The first-order valence-electron chi connectivity index (χ1n) is 4.15. The first kappa shape index (κ1) is 13.2. The van der Waals surface area contributed by atoms with Crippen LogP contribution >= 0.6 is 0 Å². The molecule has 8 heteroatoms. The van der Waals surface area contributed by atoms with Crippen LogP contribution < -0.4 is 4.74 Å². The third-order valence-electron chi connectivity index (χ3n) is 1.86. The smallest absolute Gasteiger partial charge is 0.419 e. The highest BCUT2D eigenvalue weighted by Crippen LogP contribution is 2.36. The van der Waals surface area contributed by atoms with Crippen LogP contribution in [0.3, 0.4) is 0 Å². The Morgan fingerprint density at radius 3 is 2.35 bits per heavy atom. The van der Waals surface area contributed by atoms with Gasteiger partial charge in [-0.3, -0.25) is 0 Å². The molecule has 0 aliphatic rings. The van der Waals surface area contributed by atoms with E-state index in [0.29, 0.717) is 0 Å². The number of hydrogen-bond acceptors (Lipinski definition) is 3. The number of ether oxygens (including phenoxy) is 1. The molecule has 0 aliphatic heterocycles. The molecule has 0 aliphatic carbocycles. The number of methoxy groups -OCH3 is 1. The quantitative estimate of drug-likeness (QED) is 0.760. The number of halogens is 5. The van der Waals surface area contributed by atoms with Crippen LogP contribution in [0.1, 0.15) is 23.2 Å². The molecule has 0 spiro atoms. The first-order valence-corrected chi connectivity index (χ1v) is 4.15. The van der Waals surface area contributed by atoms with E-state index in [0.717, 1.165) is 7.11 Å². The Labute approximate surface area is 92.4 Å². The van der Waals surface area contributed by atoms with E-state index in [2.05, 4.69) is 9.72 Å². The highest BCUT2D eigenvalue weighted by Gasteiger charge is 2.36. The van der Waals surface area contributed by atoms with Gasteiger partial charge in [-0.2, -0.15) is 18.4 Å². The Hall–Kier alpha value is -1.91. The summed E-state index contributed by atoms with van der Waals surface area (Å²) in [6, 6.07) is 1.36. The van der Waals surface area contributed by atoms with Crippen LogP contribution in [0.25, 0.3) is 0 Å². The van der Waals surface area contributed by atoms with E-state index in [1.807, 2.05) is 0 Å². The first-order chi connectivity index (χ1) is 7.81. The van der Waals surface area contributed by atoms with Crippen LogP contribution in [0, 0.1) is 11.3 Å². The SMILES string of the molecule is COc1nc(C#N)c(C(F)(F)F)cc1C(F)F. The van der Waals surface area contributed by atoms with Gasteiger partial charge in [0.1, 0.15) is 6.07 Å². The zero-order chi connectivity index (χ0) is 13.2. The molecule has 0 aromatic carbocycles. The highest BCUT2D eigenvalue weighted by atomic mass is 19.4. The van der Waals surface area contributed by atoms with Crippen molar-refractivity contribution in [3.63, 3.8) is 0 Å². The van der Waals surface area contributed by atoms with Gasteiger partial charge < -0.3 is 4.74 Å². The lowest BCUT2D eigenvalue weighted by Crippen LogP contribution is -2.11. The fourth-order valence-electron chi connectivity index (χ4n) is 1.13. The average Bonchev–Trinajstić information content (AvgIpc) is 2.25. The average molecular weight is 252 g/mol. The maximum absolute atomic E-state index is 12.4. The predicted molar refractivity (Wildman–Crippen MR) is 45.5 cm³/mol. The van der Waals surface area contributed by atoms with Gasteiger partial charge in [0.25, 0.3) is 6.43 Å². The molecule has 0 saturated heterocycles. The molecule has 1 aromatic heterocycles. The Morgan fingerprint density at radius 2 is 2.00 bits per heavy atom. The molecule has 0 fully saturated rings. The van der Waals surface area contributed by atoms with Crippen LogP contribution in [0.15, 0.2) is 6.07 Å². The number of hydrogen-bond donors (Lipinski definition) is 0. The van der Waals surface area contributed by atoms with Gasteiger partial charge in [0.05, 0.1) is 18.2 Å². The lowest BCUT2D eigenvalue weighted by molar-refractivity contribution is -0.138. The molecule has 0 bridgehead atoms. The molecule has 92 valence electrons. The summed E-state index contributed by atoms with van der Waals surface area (Å²) < 4.78 is 66.6. The van der Waals surface area contributed by atoms with Gasteiger partial charge in [-0.05, 0) is 6.07 Å². The highest BCUT2D eigenvalue weighted by molar-refractivity contribution is 5.42. The van der Waals surface area contributed by atoms with Crippen molar-refractivity contribution in [1.29, 1.82) is 5.26 Å². The Bertz CT molecular complexity index is 464. The van der Waals surface area contributed by atoms with Crippen molar-refractivity contribution in [2.45, 2.75) is 12.6 Å². The van der Waals surface area contributed by atoms with Gasteiger partial charge >= 0.3 is 6.18 Å². The monoisotopic (exact) mass is 252 g/mol. The minimum atomic E-state index is -4.92. The normalized spacial score (nSPS) is 11.4. The fraction of sp³-hybridized carbons (Fsp3) is 0.333. The van der Waals surface area contributed by atoms with Crippen molar-refractivity contribution < 1.29 is 26.7 Å². The Kier molecular flexibility index (Phi) is 3.50. The van der Waals surface area contributed by atoms with E-state index < -0.39 is 35.3 Å². The van der Waals surface area contributed by atoms with Crippen LogP contribution in [-0.4, -0.2) is 12.1 Å². The molecule has 1 aromatic rings. The van der Waals surface area contributed by atoms with Crippen molar-refractivity contribution >= 4 is 0 Å². The van der Waals surface area contributed by atoms with E-state index in [4.69, 9.17) is 5.26 Å². The fourth-order valence-corrected chi connectivity index (χ4v) is 1.13. The summed E-state index contributed by atoms with van der Waals surface area (Å²) in [5.74, 6) is -0.690. The van der Waals surface area contributed by atoms with Crippen LogP contribution in [-0.2, 0) is 6.18 Å². The second-order valence-electron chi connectivity index (χ2n) is 2.89. The lowest BCUT2D eigenvalue weighted by Gasteiger charge is -2.12. The molecule has 3 nitrogen and oxygen atoms in total. The molecule has 0 radical (unpaired) electrons. The van der Waals surface area contributed by atoms with Crippen LogP contribution in [0.5, 0.6) is 5.88 Å². The molecule has 0 N–H and O–H groups in total. The van der Waals surface area contributed by atoms with E-state index >= 15 is 0 Å². The number of nitrogens with zero attached hydrogens (tertiary/aromatic N) is 2. The molecule has 1 rings (SSSR count). The topological polar surface area (TPSA) is 45.9 Å². The second-order valence-corrected chi connectivity index (χ2v) is 2.89. The van der Waals surface area contributed by atoms with Crippen molar-refractivity contribution in [2.24, 2.45) is 0 Å². The van der Waals surface area contributed by atoms with Gasteiger partial charge in [0.2, 0.25) is 5.88 Å². The molecular weight excluding hydrogens is 247 g/mol. The van der Waals surface area contributed by atoms with Crippen LogP contribution in [0.4, 0.5) is 22.0 Å². The Balaban J connectivity index is 3.52. The van der Waals surface area contributed by atoms with Crippen LogP contribution in [0.2, 0.25) is 0 Å². The van der Waals surface area contributed by atoms with Gasteiger partial charge in [0, 0.05) is 0 Å². The number of rotatable bonds is 2. The number of aromatic nitrogens is 1. The van der Waals surface area contributed by atoms with E-state index in [-0.39, 0.29) is 6.07 Å². The summed E-state index contributed by atoms with van der Waals surface area (Å²) >= 11 is 0. The van der Waals surface area contributed by atoms with Crippen molar-refractivity contribution in [1.82, 2.24) is 4.98 Å². The van der Waals surface area contributed by atoms with E-state index in [1.165, 1.54) is 6.07 Å². The number of alkyl halides is 5. The maximum atomic E-state index is 12.4. The van der Waals surface area contributed by atoms with E-state index in [1.54, 1.807) is 0 Å². The van der Waals surface area contributed by atoms with Crippen molar-refractivity contribution in [3.8, 4) is 11.9 Å². The summed E-state index contributed by atoms with van der Waals surface area (Å²) in [5.41, 5.74) is -3.51. The summed E-state index contributed by atoms with van der Waals surface area (Å²) in [4.78, 5) is 3.11. The Morgan fingerprint density at radius 1 is 1.41 bits per heavy atom. The summed E-state index contributed by atoms with van der Waals surface area (Å²) in [7, 11) is 0.975. The standard InChI is InChI=1S/C9H5F5N2O/c1-17-8-4(7(10)11)2-5(9(12,13)14)6(3-15)16-8/h2,7H,1H3. The van der Waals surface area contributed by atoms with Gasteiger partial charge in [0.15, 0.2) is 5.69 Å². The molecule has 17 heavy (non-hydrogen) atoms. The van der Waals surface area contributed by atoms with Gasteiger partial charge in [-0.25, -0.2) is 13.8 Å². The maximum Gasteiger partial charge on any atom is 0.419 e. The zero-order valence-electron chi connectivity index (χ0n) is 8.35. The summed E-state index contributed by atoms with van der Waals surface area (Å²) in [6.07, 6.45) is -8.10. The largest absolute Gasteiger partial charge is 0.481 e. The summed E-state index contributed by atoms with van der Waals surface area (Å²) in [6.45, 7) is 0. The molecule has 0 saturated carbocycles. The molecule has 0 amide bonds. The van der Waals surface area contributed by atoms with Crippen molar-refractivity contribution in [3.05, 3.63) is 22.9 Å². The lowest BCUT2D eigenvalue weighted by atomic mass is 10.1. The zero-order valence-corrected chi connectivity index (χ0v) is 8.35. The van der Waals surface area contributed by atoms with E-state index in [9.17, 15) is 22.0 Å². The number of nitriles is 1. The molecule has 0 unspecified atom stereocenters. The third kappa shape index (κ3) is 2.61. The summed E-state index contributed by atoms with van der Waals surface area (Å²) in [5, 5.41) is 8.48. The molecule has 1 heterocycles. The minimum Gasteiger partial charge on any atom is -0.481 e. The minimum absolute atomic E-state index is 0.176. The van der Waals surface area contributed by atoms with Gasteiger partial charge in [-0.15, -0.1) is 0 Å². The van der Waals surface area contributed by atoms with Crippen molar-refractivity contribution in [2.75, 3.05) is 7.11 Å². The van der Waals surface area contributed by atoms with Gasteiger partial charge in [-0.1, -0.05) is 0 Å². The predicted octanol–water partition coefficient (Wildman–Crippen LogP) is 2.92. The molecule has 0 atom stereocenters. The second kappa shape index (κ2) is 4.53. The molecular formula is C9H5F5N2O. The number of pyridine rings is 1. The third-order valence-corrected chi connectivity index (χ3v) is 1.86.